The van der Waals surface area contributed by atoms with E-state index in [9.17, 15) is 4.79 Å². The minimum Gasteiger partial charge on any atom is -0.370 e. The molecule has 4 rings (SSSR count). The van der Waals surface area contributed by atoms with E-state index in [4.69, 9.17) is 4.74 Å². The van der Waals surface area contributed by atoms with Crippen molar-refractivity contribution in [2.24, 2.45) is 5.92 Å². The summed E-state index contributed by atoms with van der Waals surface area (Å²) >= 11 is 0. The number of likely N-dealkylation sites (tertiary alicyclic amines) is 1. The van der Waals surface area contributed by atoms with Crippen molar-refractivity contribution in [1.29, 1.82) is 0 Å². The van der Waals surface area contributed by atoms with E-state index in [1.165, 1.54) is 44.9 Å². The molecule has 2 heterocycles. The molecule has 4 heteroatoms. The predicted octanol–water partition coefficient (Wildman–Crippen LogP) is 2.86. The van der Waals surface area contributed by atoms with Crippen LogP contribution in [0.15, 0.2) is 0 Å². The van der Waals surface area contributed by atoms with Gasteiger partial charge in [-0.15, -0.1) is 0 Å². The van der Waals surface area contributed by atoms with E-state index in [2.05, 4.69) is 10.2 Å². The third-order valence-corrected chi connectivity index (χ3v) is 6.45. The lowest BCUT2D eigenvalue weighted by atomic mass is 9.83. The Morgan fingerprint density at radius 1 is 1.00 bits per heavy atom. The van der Waals surface area contributed by atoms with Crippen molar-refractivity contribution in [2.45, 2.75) is 88.4 Å². The zero-order valence-corrected chi connectivity index (χ0v) is 14.4. The molecule has 4 aliphatic rings. The molecule has 4 nitrogen and oxygen atoms in total. The number of hydrogen-bond acceptors (Lipinski definition) is 3. The number of hydrogen-bond donors (Lipinski definition) is 1. The van der Waals surface area contributed by atoms with E-state index in [1.807, 2.05) is 0 Å². The summed E-state index contributed by atoms with van der Waals surface area (Å²) < 4.78 is 6.51. The van der Waals surface area contributed by atoms with Crippen LogP contribution in [0.3, 0.4) is 0 Å². The Kier molecular flexibility index (Phi) is 4.64. The van der Waals surface area contributed by atoms with E-state index in [-0.39, 0.29) is 5.60 Å². The zero-order valence-electron chi connectivity index (χ0n) is 14.4. The smallest absolute Gasteiger partial charge is 0.223 e. The van der Waals surface area contributed by atoms with Gasteiger partial charge in [-0.1, -0.05) is 19.3 Å². The maximum absolute atomic E-state index is 11.9. The van der Waals surface area contributed by atoms with Crippen LogP contribution in [0.1, 0.15) is 70.6 Å². The molecular weight excluding hydrogens is 288 g/mol. The third-order valence-electron chi connectivity index (χ3n) is 6.45. The van der Waals surface area contributed by atoms with E-state index < -0.39 is 0 Å². The van der Waals surface area contributed by atoms with Crippen LogP contribution in [0.4, 0.5) is 0 Å². The van der Waals surface area contributed by atoms with E-state index in [0.29, 0.717) is 24.0 Å². The van der Waals surface area contributed by atoms with Crippen molar-refractivity contribution >= 4 is 5.91 Å². The van der Waals surface area contributed by atoms with Gasteiger partial charge < -0.3 is 15.0 Å². The highest BCUT2D eigenvalue weighted by atomic mass is 16.5. The quantitative estimate of drug-likeness (QED) is 0.866. The summed E-state index contributed by atoms with van der Waals surface area (Å²) in [5.74, 6) is 0.647. The Balaban J connectivity index is 1.18. The summed E-state index contributed by atoms with van der Waals surface area (Å²) in [5.41, 5.74) is 0.249. The van der Waals surface area contributed by atoms with E-state index in [0.717, 1.165) is 45.3 Å². The Morgan fingerprint density at radius 2 is 1.74 bits per heavy atom. The number of piperidine rings is 1. The molecule has 1 amide bonds. The number of carbonyl (C=O) groups is 1. The second-order valence-corrected chi connectivity index (χ2v) is 8.38. The highest BCUT2D eigenvalue weighted by molar-refractivity contribution is 5.81. The summed E-state index contributed by atoms with van der Waals surface area (Å²) in [7, 11) is 0. The van der Waals surface area contributed by atoms with Crippen LogP contribution in [0.25, 0.3) is 0 Å². The average molecular weight is 320 g/mol. The summed E-state index contributed by atoms with van der Waals surface area (Å²) in [6.07, 6.45) is 14.1. The molecule has 4 fully saturated rings. The Labute approximate surface area is 140 Å². The van der Waals surface area contributed by atoms with Crippen LogP contribution in [0, 0.1) is 5.92 Å². The number of ether oxygens (including phenoxy) is 1. The maximum Gasteiger partial charge on any atom is 0.223 e. The lowest BCUT2D eigenvalue weighted by molar-refractivity contribution is -0.123. The lowest BCUT2D eigenvalue weighted by Gasteiger charge is -2.36. The summed E-state index contributed by atoms with van der Waals surface area (Å²) in [4.78, 5) is 14.4. The molecule has 2 aliphatic carbocycles. The van der Waals surface area contributed by atoms with Gasteiger partial charge in [0.25, 0.3) is 0 Å². The van der Waals surface area contributed by atoms with Crippen molar-refractivity contribution in [1.82, 2.24) is 10.2 Å². The van der Waals surface area contributed by atoms with Crippen LogP contribution in [-0.4, -0.2) is 48.2 Å². The SMILES string of the molecule is O=C(NC1CCN(C[C@@H]2CCC3(CCCCC3)O2)CC1)C1CC1. The van der Waals surface area contributed by atoms with Gasteiger partial charge in [0, 0.05) is 31.6 Å². The molecule has 130 valence electrons. The van der Waals surface area contributed by atoms with Gasteiger partial charge in [-0.05, 0) is 51.4 Å². The van der Waals surface area contributed by atoms with Crippen LogP contribution < -0.4 is 5.32 Å². The number of rotatable bonds is 4. The first kappa shape index (κ1) is 15.9. The van der Waals surface area contributed by atoms with Gasteiger partial charge in [-0.2, -0.15) is 0 Å². The van der Waals surface area contributed by atoms with Crippen molar-refractivity contribution in [3.05, 3.63) is 0 Å². The summed E-state index contributed by atoms with van der Waals surface area (Å²) in [5, 5.41) is 3.24. The Bertz CT molecular complexity index is 421. The second-order valence-electron chi connectivity index (χ2n) is 8.38. The number of nitrogens with one attached hydrogen (secondary N) is 1. The summed E-state index contributed by atoms with van der Waals surface area (Å²) in [6, 6.07) is 0.411. The minimum absolute atomic E-state index is 0.249. The summed E-state index contributed by atoms with van der Waals surface area (Å²) in [6.45, 7) is 3.33. The number of amides is 1. The fraction of sp³-hybridized carbons (Fsp3) is 0.947. The molecule has 0 aromatic carbocycles. The first-order valence-corrected chi connectivity index (χ1v) is 9.93. The molecule has 2 aliphatic heterocycles. The Morgan fingerprint density at radius 3 is 2.43 bits per heavy atom. The monoisotopic (exact) mass is 320 g/mol. The molecule has 2 saturated heterocycles. The van der Waals surface area contributed by atoms with Gasteiger partial charge >= 0.3 is 0 Å². The zero-order chi connectivity index (χ0) is 15.7. The molecule has 0 radical (unpaired) electrons. The molecule has 1 N–H and O–H groups in total. The van der Waals surface area contributed by atoms with Gasteiger partial charge in [0.2, 0.25) is 5.91 Å². The highest BCUT2D eigenvalue weighted by Crippen LogP contribution is 2.42. The largest absolute Gasteiger partial charge is 0.370 e. The lowest BCUT2D eigenvalue weighted by Crippen LogP contribution is -2.47. The van der Waals surface area contributed by atoms with Crippen molar-refractivity contribution in [3.63, 3.8) is 0 Å². The minimum atomic E-state index is 0.249. The van der Waals surface area contributed by atoms with Crippen LogP contribution >= 0.6 is 0 Å². The van der Waals surface area contributed by atoms with Crippen LogP contribution in [0.2, 0.25) is 0 Å². The number of nitrogens with zero attached hydrogens (tertiary/aromatic N) is 1. The average Bonchev–Trinajstić information content (AvgIpc) is 3.35. The van der Waals surface area contributed by atoms with Gasteiger partial charge in [0.05, 0.1) is 11.7 Å². The fourth-order valence-electron chi connectivity index (χ4n) is 4.80. The van der Waals surface area contributed by atoms with Gasteiger partial charge in [0.15, 0.2) is 0 Å². The Hall–Kier alpha value is -0.610. The molecule has 0 aromatic heterocycles. The first-order valence-electron chi connectivity index (χ1n) is 9.93. The van der Waals surface area contributed by atoms with E-state index in [1.54, 1.807) is 0 Å². The van der Waals surface area contributed by atoms with Crippen LogP contribution in [0.5, 0.6) is 0 Å². The molecule has 0 aromatic rings. The van der Waals surface area contributed by atoms with Gasteiger partial charge in [-0.25, -0.2) is 0 Å². The highest BCUT2D eigenvalue weighted by Gasteiger charge is 2.41. The fourth-order valence-corrected chi connectivity index (χ4v) is 4.80. The van der Waals surface area contributed by atoms with Crippen molar-refractivity contribution < 1.29 is 9.53 Å². The predicted molar refractivity (Wildman–Crippen MR) is 90.3 cm³/mol. The molecule has 2 saturated carbocycles. The molecular formula is C19H32N2O2. The van der Waals surface area contributed by atoms with Gasteiger partial charge in [0.1, 0.15) is 0 Å². The van der Waals surface area contributed by atoms with E-state index >= 15 is 0 Å². The normalized spacial score (nSPS) is 32.3. The molecule has 23 heavy (non-hydrogen) atoms. The second kappa shape index (κ2) is 6.72. The molecule has 1 spiro atoms. The maximum atomic E-state index is 11.9. The molecule has 0 unspecified atom stereocenters. The molecule has 0 bridgehead atoms. The standard InChI is InChI=1S/C19H32N2O2/c22-18(15-4-5-15)20-16-7-12-21(13-8-16)14-17-6-11-19(23-17)9-2-1-3-10-19/h15-17H,1-14H2,(H,20,22)/t17-/m0/s1. The third kappa shape index (κ3) is 3.90. The van der Waals surface area contributed by atoms with Crippen LogP contribution in [-0.2, 0) is 9.53 Å². The van der Waals surface area contributed by atoms with Gasteiger partial charge in [-0.3, -0.25) is 4.79 Å². The van der Waals surface area contributed by atoms with Crippen molar-refractivity contribution in [2.75, 3.05) is 19.6 Å². The first-order chi connectivity index (χ1) is 11.2. The van der Waals surface area contributed by atoms with Crippen molar-refractivity contribution in [3.8, 4) is 0 Å². The molecule has 1 atom stereocenters. The topological polar surface area (TPSA) is 41.6 Å². The number of carbonyl (C=O) groups excluding carboxylic acids is 1.